The van der Waals surface area contributed by atoms with Gasteiger partial charge in [0, 0.05) is 6.54 Å². The zero-order chi connectivity index (χ0) is 10.8. The zero-order valence-electron chi connectivity index (χ0n) is 9.64. The van der Waals surface area contributed by atoms with Gasteiger partial charge in [0.05, 0.1) is 13.0 Å². The van der Waals surface area contributed by atoms with Crippen molar-refractivity contribution in [1.82, 2.24) is 5.32 Å². The van der Waals surface area contributed by atoms with Crippen molar-refractivity contribution in [3.8, 4) is 0 Å². The predicted molar refractivity (Wildman–Crippen MR) is 58.2 cm³/mol. The van der Waals surface area contributed by atoms with Crippen LogP contribution in [0.15, 0.2) is 0 Å². The van der Waals surface area contributed by atoms with Crippen LogP contribution in [0.2, 0.25) is 0 Å². The summed E-state index contributed by atoms with van der Waals surface area (Å²) in [5, 5.41) is 3.09. The van der Waals surface area contributed by atoms with E-state index in [1.807, 2.05) is 6.92 Å². The van der Waals surface area contributed by atoms with Crippen molar-refractivity contribution in [2.75, 3.05) is 19.7 Å². The van der Waals surface area contributed by atoms with Crippen molar-refractivity contribution >= 4 is 5.97 Å². The van der Waals surface area contributed by atoms with Gasteiger partial charge in [-0.25, -0.2) is 0 Å². The van der Waals surface area contributed by atoms with Crippen LogP contribution in [0.1, 0.15) is 40.0 Å². The molecule has 0 fully saturated rings. The summed E-state index contributed by atoms with van der Waals surface area (Å²) in [4.78, 5) is 11.1. The number of hydrogen-bond acceptors (Lipinski definition) is 3. The quantitative estimate of drug-likeness (QED) is 0.482. The Labute approximate surface area is 87.2 Å². The van der Waals surface area contributed by atoms with Gasteiger partial charge in [0.1, 0.15) is 0 Å². The van der Waals surface area contributed by atoms with E-state index >= 15 is 0 Å². The third-order valence-corrected chi connectivity index (χ3v) is 1.94. The molecule has 0 bridgehead atoms. The van der Waals surface area contributed by atoms with Crippen LogP contribution in [0.25, 0.3) is 0 Å². The van der Waals surface area contributed by atoms with Crippen LogP contribution in [-0.2, 0) is 9.53 Å². The molecule has 0 aromatic rings. The minimum atomic E-state index is -0.0882. The summed E-state index contributed by atoms with van der Waals surface area (Å²) in [6.07, 6.45) is 2.58. The third-order valence-electron chi connectivity index (χ3n) is 1.94. The second-order valence-electron chi connectivity index (χ2n) is 3.86. The van der Waals surface area contributed by atoms with Crippen molar-refractivity contribution in [3.05, 3.63) is 0 Å². The van der Waals surface area contributed by atoms with E-state index in [0.29, 0.717) is 18.9 Å². The maximum Gasteiger partial charge on any atom is 0.307 e. The maximum absolute atomic E-state index is 11.1. The van der Waals surface area contributed by atoms with Crippen LogP contribution in [0.3, 0.4) is 0 Å². The monoisotopic (exact) mass is 201 g/mol. The van der Waals surface area contributed by atoms with Crippen molar-refractivity contribution in [2.24, 2.45) is 5.92 Å². The molecule has 84 valence electrons. The van der Waals surface area contributed by atoms with Gasteiger partial charge in [0.25, 0.3) is 0 Å². The van der Waals surface area contributed by atoms with E-state index in [1.165, 1.54) is 0 Å². The fourth-order valence-corrected chi connectivity index (χ4v) is 1.12. The molecule has 3 nitrogen and oxygen atoms in total. The number of esters is 1. The Bertz CT molecular complexity index is 146. The second kappa shape index (κ2) is 9.00. The number of nitrogens with one attached hydrogen (secondary N) is 1. The molecule has 0 unspecified atom stereocenters. The van der Waals surface area contributed by atoms with Gasteiger partial charge < -0.3 is 10.1 Å². The highest BCUT2D eigenvalue weighted by Gasteiger charge is 2.01. The highest BCUT2D eigenvalue weighted by Crippen LogP contribution is 2.03. The van der Waals surface area contributed by atoms with Crippen molar-refractivity contribution < 1.29 is 9.53 Å². The highest BCUT2D eigenvalue weighted by atomic mass is 16.5. The molecule has 0 aliphatic carbocycles. The molecule has 14 heavy (non-hydrogen) atoms. The summed E-state index contributed by atoms with van der Waals surface area (Å²) in [7, 11) is 0. The van der Waals surface area contributed by atoms with E-state index in [-0.39, 0.29) is 5.97 Å². The Morgan fingerprint density at radius 2 is 2.14 bits per heavy atom. The molecule has 0 radical (unpaired) electrons. The molecule has 0 atom stereocenters. The highest BCUT2D eigenvalue weighted by molar-refractivity contribution is 5.69. The smallest absolute Gasteiger partial charge is 0.307 e. The lowest BCUT2D eigenvalue weighted by Crippen LogP contribution is -2.19. The summed E-state index contributed by atoms with van der Waals surface area (Å²) < 4.78 is 5.06. The maximum atomic E-state index is 11.1. The Morgan fingerprint density at radius 1 is 1.43 bits per heavy atom. The first-order chi connectivity index (χ1) is 6.66. The van der Waals surface area contributed by atoms with Crippen molar-refractivity contribution in [3.63, 3.8) is 0 Å². The molecule has 0 aliphatic rings. The summed E-state index contributed by atoms with van der Waals surface area (Å²) in [6.45, 7) is 8.57. The van der Waals surface area contributed by atoms with E-state index in [9.17, 15) is 4.79 Å². The van der Waals surface area contributed by atoms with Crippen molar-refractivity contribution in [2.45, 2.75) is 40.0 Å². The van der Waals surface area contributed by atoms with Crippen LogP contribution < -0.4 is 5.32 Å². The summed E-state index contributed by atoms with van der Waals surface area (Å²) >= 11 is 0. The molecule has 0 aromatic heterocycles. The lowest BCUT2D eigenvalue weighted by molar-refractivity contribution is -0.143. The van der Waals surface area contributed by atoms with Gasteiger partial charge in [-0.05, 0) is 25.3 Å². The van der Waals surface area contributed by atoms with Gasteiger partial charge in [-0.15, -0.1) is 0 Å². The third kappa shape index (κ3) is 9.52. The van der Waals surface area contributed by atoms with Gasteiger partial charge in [-0.3, -0.25) is 4.79 Å². The predicted octanol–water partition coefficient (Wildman–Crippen LogP) is 1.97. The Balaban J connectivity index is 3.18. The Hall–Kier alpha value is -0.570. The molecule has 0 saturated heterocycles. The van der Waals surface area contributed by atoms with Crippen LogP contribution in [-0.4, -0.2) is 25.7 Å². The molecular formula is C11H23NO2. The van der Waals surface area contributed by atoms with Crippen LogP contribution in [0.4, 0.5) is 0 Å². The van der Waals surface area contributed by atoms with Gasteiger partial charge in [0.2, 0.25) is 0 Å². The molecule has 0 spiro atoms. The van der Waals surface area contributed by atoms with E-state index in [2.05, 4.69) is 19.2 Å². The summed E-state index contributed by atoms with van der Waals surface area (Å²) in [6, 6.07) is 0. The average molecular weight is 201 g/mol. The molecule has 3 heteroatoms. The number of rotatable bonds is 8. The molecular weight excluding hydrogens is 178 g/mol. The lowest BCUT2D eigenvalue weighted by atomic mass is 10.1. The summed E-state index contributed by atoms with van der Waals surface area (Å²) in [5.74, 6) is 0.602. The van der Waals surface area contributed by atoms with Crippen LogP contribution >= 0.6 is 0 Å². The van der Waals surface area contributed by atoms with Crippen molar-refractivity contribution in [1.29, 1.82) is 0 Å². The van der Waals surface area contributed by atoms with Gasteiger partial charge in [0.15, 0.2) is 0 Å². The fourth-order valence-electron chi connectivity index (χ4n) is 1.12. The normalized spacial score (nSPS) is 10.6. The van der Waals surface area contributed by atoms with E-state index < -0.39 is 0 Å². The largest absolute Gasteiger partial charge is 0.466 e. The molecule has 0 amide bonds. The zero-order valence-corrected chi connectivity index (χ0v) is 9.64. The molecule has 0 heterocycles. The first-order valence-electron chi connectivity index (χ1n) is 5.53. The van der Waals surface area contributed by atoms with Gasteiger partial charge in [-0.2, -0.15) is 0 Å². The molecule has 0 aromatic carbocycles. The first kappa shape index (κ1) is 13.4. The SMILES string of the molecule is CCNCCC(=O)OCCCC(C)C. The van der Waals surface area contributed by atoms with E-state index in [4.69, 9.17) is 4.74 Å². The van der Waals surface area contributed by atoms with Crippen LogP contribution in [0, 0.1) is 5.92 Å². The Kier molecular flexibility index (Phi) is 8.64. The first-order valence-corrected chi connectivity index (χ1v) is 5.53. The molecule has 0 rings (SSSR count). The second-order valence-corrected chi connectivity index (χ2v) is 3.86. The topological polar surface area (TPSA) is 38.3 Å². The molecule has 1 N–H and O–H groups in total. The molecule has 0 saturated carbocycles. The van der Waals surface area contributed by atoms with Crippen LogP contribution in [0.5, 0.6) is 0 Å². The molecule has 0 aliphatic heterocycles. The van der Waals surface area contributed by atoms with Gasteiger partial charge in [-0.1, -0.05) is 20.8 Å². The lowest BCUT2D eigenvalue weighted by Gasteiger charge is -2.06. The van der Waals surface area contributed by atoms with Gasteiger partial charge >= 0.3 is 5.97 Å². The standard InChI is InChI=1S/C11H23NO2/c1-4-12-8-7-11(13)14-9-5-6-10(2)3/h10,12H,4-9H2,1-3H3. The fraction of sp³-hybridized carbons (Fsp3) is 0.909. The number of carbonyl (C=O) groups excluding carboxylic acids is 1. The minimum Gasteiger partial charge on any atom is -0.466 e. The minimum absolute atomic E-state index is 0.0882. The van der Waals surface area contributed by atoms with E-state index in [1.54, 1.807) is 0 Å². The number of ether oxygens (including phenoxy) is 1. The summed E-state index contributed by atoms with van der Waals surface area (Å²) in [5.41, 5.74) is 0. The average Bonchev–Trinajstić information content (AvgIpc) is 2.13. The number of carbonyl (C=O) groups is 1. The number of hydrogen-bond donors (Lipinski definition) is 1. The van der Waals surface area contributed by atoms with E-state index in [0.717, 1.165) is 25.9 Å². The Morgan fingerprint density at radius 3 is 2.71 bits per heavy atom.